The molecule has 0 unspecified atom stereocenters. The van der Waals surface area contributed by atoms with E-state index in [4.69, 9.17) is 4.74 Å². The summed E-state index contributed by atoms with van der Waals surface area (Å²) in [6.45, 7) is -0.266. The summed E-state index contributed by atoms with van der Waals surface area (Å²) in [6, 6.07) is 14.9. The standard InChI is InChI=1S/C17H13NO3S/c19-15(14-7-4-8-18-14)10-21-17(20)16-9-13(11-22-16)12-5-2-1-3-6-12/h1-9,11,18H,10H2. The van der Waals surface area contributed by atoms with Crippen LogP contribution in [0.2, 0.25) is 0 Å². The maximum Gasteiger partial charge on any atom is 0.348 e. The molecule has 2 heterocycles. The zero-order valence-corrected chi connectivity index (χ0v) is 12.4. The third-order valence-electron chi connectivity index (χ3n) is 3.14. The van der Waals surface area contributed by atoms with Crippen LogP contribution in [-0.2, 0) is 4.74 Å². The molecule has 0 saturated heterocycles. The molecule has 1 aromatic carbocycles. The molecular weight excluding hydrogens is 298 g/mol. The van der Waals surface area contributed by atoms with Crippen molar-refractivity contribution < 1.29 is 14.3 Å². The van der Waals surface area contributed by atoms with Gasteiger partial charge in [-0.05, 0) is 34.7 Å². The number of Topliss-reactive ketones (excluding diaryl/α,β-unsaturated/α-hetero) is 1. The number of rotatable bonds is 5. The van der Waals surface area contributed by atoms with Gasteiger partial charge >= 0.3 is 5.97 Å². The molecule has 0 bridgehead atoms. The highest BCUT2D eigenvalue weighted by Gasteiger charge is 2.14. The normalized spacial score (nSPS) is 10.4. The van der Waals surface area contributed by atoms with E-state index in [1.807, 2.05) is 35.7 Å². The van der Waals surface area contributed by atoms with Gasteiger partial charge in [-0.2, -0.15) is 0 Å². The van der Waals surface area contributed by atoms with Crippen LogP contribution >= 0.6 is 11.3 Å². The molecule has 1 N–H and O–H groups in total. The number of aromatic nitrogens is 1. The number of benzene rings is 1. The van der Waals surface area contributed by atoms with Crippen molar-refractivity contribution in [3.8, 4) is 11.1 Å². The van der Waals surface area contributed by atoms with E-state index < -0.39 is 5.97 Å². The monoisotopic (exact) mass is 311 g/mol. The van der Waals surface area contributed by atoms with Crippen molar-refractivity contribution in [2.24, 2.45) is 0 Å². The van der Waals surface area contributed by atoms with Gasteiger partial charge in [-0.15, -0.1) is 11.3 Å². The zero-order chi connectivity index (χ0) is 15.4. The van der Waals surface area contributed by atoms with Crippen molar-refractivity contribution >= 4 is 23.1 Å². The summed E-state index contributed by atoms with van der Waals surface area (Å²) in [6.07, 6.45) is 1.65. The van der Waals surface area contributed by atoms with Gasteiger partial charge in [0, 0.05) is 6.20 Å². The Morgan fingerprint density at radius 3 is 2.59 bits per heavy atom. The van der Waals surface area contributed by atoms with Gasteiger partial charge in [0.25, 0.3) is 0 Å². The number of aromatic amines is 1. The molecule has 0 fully saturated rings. The highest BCUT2D eigenvalue weighted by atomic mass is 32.1. The van der Waals surface area contributed by atoms with Gasteiger partial charge in [0.2, 0.25) is 5.78 Å². The average Bonchev–Trinajstić information content (AvgIpc) is 3.24. The molecule has 22 heavy (non-hydrogen) atoms. The van der Waals surface area contributed by atoms with Crippen LogP contribution < -0.4 is 0 Å². The molecule has 2 aromatic heterocycles. The summed E-state index contributed by atoms with van der Waals surface area (Å²) in [5.74, 6) is -0.731. The van der Waals surface area contributed by atoms with Gasteiger partial charge < -0.3 is 9.72 Å². The first kappa shape index (κ1) is 14.3. The molecular formula is C17H13NO3S. The van der Waals surface area contributed by atoms with E-state index in [9.17, 15) is 9.59 Å². The Balaban J connectivity index is 1.64. The highest BCUT2D eigenvalue weighted by Crippen LogP contribution is 2.25. The topological polar surface area (TPSA) is 59.2 Å². The second kappa shape index (κ2) is 6.41. The van der Waals surface area contributed by atoms with Crippen LogP contribution in [0.3, 0.4) is 0 Å². The molecule has 0 amide bonds. The minimum atomic E-state index is -0.480. The molecule has 0 aliphatic heterocycles. The molecule has 0 spiro atoms. The summed E-state index contributed by atoms with van der Waals surface area (Å²) >= 11 is 1.31. The lowest BCUT2D eigenvalue weighted by Gasteiger charge is -2.01. The lowest BCUT2D eigenvalue weighted by molar-refractivity contribution is 0.0478. The third-order valence-corrected chi connectivity index (χ3v) is 4.05. The number of thiophene rings is 1. The van der Waals surface area contributed by atoms with Crippen molar-refractivity contribution in [1.82, 2.24) is 4.98 Å². The van der Waals surface area contributed by atoms with E-state index in [-0.39, 0.29) is 12.4 Å². The van der Waals surface area contributed by atoms with Crippen LogP contribution in [0.5, 0.6) is 0 Å². The lowest BCUT2D eigenvalue weighted by Crippen LogP contribution is -2.13. The van der Waals surface area contributed by atoms with Crippen LogP contribution in [0.15, 0.2) is 60.1 Å². The number of ether oxygens (including phenoxy) is 1. The van der Waals surface area contributed by atoms with Gasteiger partial charge in [0.15, 0.2) is 6.61 Å². The van der Waals surface area contributed by atoms with Crippen molar-refractivity contribution in [1.29, 1.82) is 0 Å². The molecule has 0 aliphatic carbocycles. The Morgan fingerprint density at radius 2 is 1.86 bits per heavy atom. The first-order chi connectivity index (χ1) is 10.7. The zero-order valence-electron chi connectivity index (χ0n) is 11.6. The fourth-order valence-electron chi connectivity index (χ4n) is 2.01. The van der Waals surface area contributed by atoms with E-state index in [1.54, 1.807) is 24.4 Å². The van der Waals surface area contributed by atoms with Crippen LogP contribution in [-0.4, -0.2) is 23.3 Å². The summed E-state index contributed by atoms with van der Waals surface area (Å²) < 4.78 is 5.06. The molecule has 0 atom stereocenters. The maximum atomic E-state index is 12.0. The van der Waals surface area contributed by atoms with Crippen molar-refractivity contribution in [3.63, 3.8) is 0 Å². The maximum absolute atomic E-state index is 12.0. The van der Waals surface area contributed by atoms with Gasteiger partial charge in [-0.1, -0.05) is 30.3 Å². The van der Waals surface area contributed by atoms with Crippen LogP contribution in [0.1, 0.15) is 20.2 Å². The Hall–Kier alpha value is -2.66. The Labute approximate surface area is 131 Å². The molecule has 0 aliphatic rings. The lowest BCUT2D eigenvalue weighted by atomic mass is 10.1. The highest BCUT2D eigenvalue weighted by molar-refractivity contribution is 7.12. The minimum Gasteiger partial charge on any atom is -0.453 e. The van der Waals surface area contributed by atoms with Gasteiger partial charge in [0.05, 0.1) is 5.69 Å². The van der Waals surface area contributed by atoms with Crippen molar-refractivity contribution in [2.45, 2.75) is 0 Å². The first-order valence-electron chi connectivity index (χ1n) is 6.72. The van der Waals surface area contributed by atoms with Crippen LogP contribution in [0, 0.1) is 0 Å². The predicted octanol–water partition coefficient (Wildman–Crippen LogP) is 3.78. The fourth-order valence-corrected chi connectivity index (χ4v) is 2.82. The summed E-state index contributed by atoms with van der Waals surface area (Å²) in [4.78, 5) is 27.0. The number of ketones is 1. The summed E-state index contributed by atoms with van der Waals surface area (Å²) in [7, 11) is 0. The molecule has 3 rings (SSSR count). The number of nitrogens with one attached hydrogen (secondary N) is 1. The molecule has 0 radical (unpaired) electrons. The molecule has 0 saturated carbocycles. The van der Waals surface area contributed by atoms with E-state index in [2.05, 4.69) is 4.98 Å². The predicted molar refractivity (Wildman–Crippen MR) is 85.2 cm³/mol. The Bertz CT molecular complexity index is 775. The minimum absolute atomic E-state index is 0.252. The van der Waals surface area contributed by atoms with Crippen molar-refractivity contribution in [3.05, 3.63) is 70.7 Å². The summed E-state index contributed by atoms with van der Waals surface area (Å²) in [5, 5.41) is 1.90. The van der Waals surface area contributed by atoms with Crippen LogP contribution in [0.25, 0.3) is 11.1 Å². The molecule has 3 aromatic rings. The average molecular weight is 311 g/mol. The second-order valence-corrected chi connectivity index (χ2v) is 5.56. The van der Waals surface area contributed by atoms with Gasteiger partial charge in [-0.25, -0.2) is 4.79 Å². The number of carbonyl (C=O) groups excluding carboxylic acids is 2. The summed E-state index contributed by atoms with van der Waals surface area (Å²) in [5.41, 5.74) is 2.44. The van der Waals surface area contributed by atoms with E-state index in [0.29, 0.717) is 10.6 Å². The third kappa shape index (κ3) is 3.15. The Kier molecular flexibility index (Phi) is 4.16. The van der Waals surface area contributed by atoms with E-state index in [1.165, 1.54) is 11.3 Å². The SMILES string of the molecule is O=C(COC(=O)c1cc(-c2ccccc2)cs1)c1ccc[nH]1. The van der Waals surface area contributed by atoms with Gasteiger partial charge in [0.1, 0.15) is 4.88 Å². The van der Waals surface area contributed by atoms with E-state index in [0.717, 1.165) is 11.1 Å². The molecule has 4 nitrogen and oxygen atoms in total. The van der Waals surface area contributed by atoms with Crippen LogP contribution in [0.4, 0.5) is 0 Å². The fraction of sp³-hybridized carbons (Fsp3) is 0.0588. The Morgan fingerprint density at radius 1 is 1.05 bits per heavy atom. The number of carbonyl (C=O) groups is 2. The number of hydrogen-bond donors (Lipinski definition) is 1. The first-order valence-corrected chi connectivity index (χ1v) is 7.59. The quantitative estimate of drug-likeness (QED) is 0.576. The largest absolute Gasteiger partial charge is 0.453 e. The van der Waals surface area contributed by atoms with Crippen molar-refractivity contribution in [2.75, 3.05) is 6.61 Å². The smallest absolute Gasteiger partial charge is 0.348 e. The number of hydrogen-bond acceptors (Lipinski definition) is 4. The molecule has 5 heteroatoms. The van der Waals surface area contributed by atoms with Gasteiger partial charge in [-0.3, -0.25) is 4.79 Å². The number of esters is 1. The second-order valence-electron chi connectivity index (χ2n) is 4.65. The number of H-pyrrole nitrogens is 1. The van der Waals surface area contributed by atoms with E-state index >= 15 is 0 Å². The molecule has 110 valence electrons.